The van der Waals surface area contributed by atoms with Crippen LogP contribution in [-0.2, 0) is 4.79 Å². The Morgan fingerprint density at radius 2 is 2.00 bits per heavy atom. The van der Waals surface area contributed by atoms with Crippen LogP contribution in [0, 0.1) is 19.8 Å². The number of nitrogens with one attached hydrogen (secondary N) is 2. The van der Waals surface area contributed by atoms with Crippen LogP contribution in [0.2, 0.25) is 0 Å². The second kappa shape index (κ2) is 8.30. The number of carbonyl (C=O) groups excluding carboxylic acids is 1. The zero-order chi connectivity index (χ0) is 15.9. The lowest BCUT2D eigenvalue weighted by Gasteiger charge is -2.31. The highest BCUT2D eigenvalue weighted by molar-refractivity contribution is 5.93. The molecule has 2 rings (SSSR count). The number of anilines is 1. The van der Waals surface area contributed by atoms with Crippen molar-refractivity contribution in [2.75, 3.05) is 38.5 Å². The molecule has 1 heterocycles. The van der Waals surface area contributed by atoms with Gasteiger partial charge in [-0.2, -0.15) is 0 Å². The monoisotopic (exact) mass is 303 g/mol. The Morgan fingerprint density at radius 3 is 2.68 bits per heavy atom. The Balaban J connectivity index is 1.77. The van der Waals surface area contributed by atoms with E-state index in [9.17, 15) is 4.79 Å². The maximum Gasteiger partial charge on any atom is 0.238 e. The molecule has 4 nitrogen and oxygen atoms in total. The van der Waals surface area contributed by atoms with Gasteiger partial charge < -0.3 is 10.6 Å². The van der Waals surface area contributed by atoms with E-state index >= 15 is 0 Å². The lowest BCUT2D eigenvalue weighted by atomic mass is 9.93. The van der Waals surface area contributed by atoms with Crippen molar-refractivity contribution in [1.29, 1.82) is 0 Å². The molecule has 0 aromatic heterocycles. The normalized spacial score (nSPS) is 16.7. The van der Waals surface area contributed by atoms with Gasteiger partial charge in [0.25, 0.3) is 0 Å². The van der Waals surface area contributed by atoms with E-state index in [1.165, 1.54) is 24.8 Å². The third kappa shape index (κ3) is 4.82. The summed E-state index contributed by atoms with van der Waals surface area (Å²) < 4.78 is 0. The van der Waals surface area contributed by atoms with Crippen LogP contribution in [-0.4, -0.2) is 44.0 Å². The minimum Gasteiger partial charge on any atom is -0.325 e. The predicted octanol–water partition coefficient (Wildman–Crippen LogP) is 2.56. The molecule has 0 atom stereocenters. The molecule has 0 unspecified atom stereocenters. The number of hydrogen-bond acceptors (Lipinski definition) is 3. The molecule has 0 radical (unpaired) electrons. The van der Waals surface area contributed by atoms with E-state index in [0.29, 0.717) is 6.54 Å². The van der Waals surface area contributed by atoms with Crippen molar-refractivity contribution in [3.05, 3.63) is 29.3 Å². The molecule has 4 heteroatoms. The Morgan fingerprint density at radius 1 is 1.27 bits per heavy atom. The van der Waals surface area contributed by atoms with Gasteiger partial charge in [-0.25, -0.2) is 0 Å². The van der Waals surface area contributed by atoms with Crippen LogP contribution in [0.15, 0.2) is 18.2 Å². The summed E-state index contributed by atoms with van der Waals surface area (Å²) in [6.07, 6.45) is 3.66. The van der Waals surface area contributed by atoms with Crippen LogP contribution in [0.25, 0.3) is 0 Å². The first-order valence-corrected chi connectivity index (χ1v) is 8.33. The number of rotatable bonds is 6. The zero-order valence-electron chi connectivity index (χ0n) is 14.1. The smallest absolute Gasteiger partial charge is 0.238 e. The summed E-state index contributed by atoms with van der Waals surface area (Å²) in [5.74, 6) is 0.910. The van der Waals surface area contributed by atoms with Gasteiger partial charge >= 0.3 is 0 Å². The van der Waals surface area contributed by atoms with Crippen LogP contribution in [0.4, 0.5) is 5.69 Å². The van der Waals surface area contributed by atoms with Crippen LogP contribution in [0.3, 0.4) is 0 Å². The lowest BCUT2D eigenvalue weighted by Crippen LogP contribution is -2.39. The summed E-state index contributed by atoms with van der Waals surface area (Å²) in [6, 6.07) is 6.04. The van der Waals surface area contributed by atoms with Gasteiger partial charge in [0.15, 0.2) is 0 Å². The number of amides is 1. The van der Waals surface area contributed by atoms with Crippen molar-refractivity contribution in [2.45, 2.75) is 33.1 Å². The minimum atomic E-state index is 0.0994. The van der Waals surface area contributed by atoms with E-state index in [1.54, 1.807) is 0 Å². The van der Waals surface area contributed by atoms with Crippen molar-refractivity contribution in [2.24, 2.45) is 5.92 Å². The number of piperidine rings is 1. The molecule has 0 spiro atoms. The summed E-state index contributed by atoms with van der Waals surface area (Å²) >= 11 is 0. The molecule has 2 N–H and O–H groups in total. The van der Waals surface area contributed by atoms with E-state index in [0.717, 1.165) is 36.8 Å². The van der Waals surface area contributed by atoms with E-state index in [-0.39, 0.29) is 5.91 Å². The number of benzene rings is 1. The molecular formula is C18H29N3O. The molecule has 1 aromatic carbocycles. The van der Waals surface area contributed by atoms with Gasteiger partial charge in [-0.15, -0.1) is 0 Å². The molecule has 1 aliphatic heterocycles. The number of likely N-dealkylation sites (tertiary alicyclic amines) is 1. The highest BCUT2D eigenvalue weighted by atomic mass is 16.2. The molecule has 1 aromatic rings. The second-order valence-corrected chi connectivity index (χ2v) is 6.41. The first kappa shape index (κ1) is 17.0. The highest BCUT2D eigenvalue weighted by Crippen LogP contribution is 2.21. The van der Waals surface area contributed by atoms with Gasteiger partial charge in [-0.1, -0.05) is 12.1 Å². The summed E-state index contributed by atoms with van der Waals surface area (Å²) in [4.78, 5) is 14.5. The summed E-state index contributed by atoms with van der Waals surface area (Å²) in [5, 5.41) is 6.27. The molecule has 0 saturated carbocycles. The standard InChI is InChI=1S/C18H29N3O/c1-14-5-4-6-17(15(14)2)20-18(22)13-21-11-8-16(9-12-21)7-10-19-3/h4-6,16,19H,7-13H2,1-3H3,(H,20,22). The number of nitrogens with zero attached hydrogens (tertiary/aromatic N) is 1. The fourth-order valence-electron chi connectivity index (χ4n) is 3.06. The van der Waals surface area contributed by atoms with Gasteiger partial charge in [-0.05, 0) is 82.9 Å². The average molecular weight is 303 g/mol. The van der Waals surface area contributed by atoms with E-state index in [4.69, 9.17) is 0 Å². The first-order chi connectivity index (χ1) is 10.6. The molecule has 1 fully saturated rings. The lowest BCUT2D eigenvalue weighted by molar-refractivity contribution is -0.117. The fourth-order valence-corrected chi connectivity index (χ4v) is 3.06. The quantitative estimate of drug-likeness (QED) is 0.849. The van der Waals surface area contributed by atoms with Gasteiger partial charge in [-0.3, -0.25) is 9.69 Å². The molecule has 1 saturated heterocycles. The second-order valence-electron chi connectivity index (χ2n) is 6.41. The van der Waals surface area contributed by atoms with Crippen LogP contribution in [0.1, 0.15) is 30.4 Å². The average Bonchev–Trinajstić information content (AvgIpc) is 2.51. The third-order valence-corrected chi connectivity index (χ3v) is 4.76. The third-order valence-electron chi connectivity index (χ3n) is 4.76. The van der Waals surface area contributed by atoms with Gasteiger partial charge in [0, 0.05) is 5.69 Å². The molecule has 122 valence electrons. The van der Waals surface area contributed by atoms with E-state index < -0.39 is 0 Å². The van der Waals surface area contributed by atoms with Gasteiger partial charge in [0.2, 0.25) is 5.91 Å². The maximum atomic E-state index is 12.2. The maximum absolute atomic E-state index is 12.2. The van der Waals surface area contributed by atoms with Crippen molar-refractivity contribution in [1.82, 2.24) is 10.2 Å². The van der Waals surface area contributed by atoms with Crippen molar-refractivity contribution >= 4 is 11.6 Å². The van der Waals surface area contributed by atoms with E-state index in [1.807, 2.05) is 19.2 Å². The van der Waals surface area contributed by atoms with Crippen LogP contribution >= 0.6 is 0 Å². The number of carbonyl (C=O) groups is 1. The van der Waals surface area contributed by atoms with Gasteiger partial charge in [0.05, 0.1) is 6.54 Å². The van der Waals surface area contributed by atoms with Gasteiger partial charge in [0.1, 0.15) is 0 Å². The molecule has 1 amide bonds. The van der Waals surface area contributed by atoms with Crippen molar-refractivity contribution < 1.29 is 4.79 Å². The van der Waals surface area contributed by atoms with Crippen LogP contribution in [0.5, 0.6) is 0 Å². The molecule has 22 heavy (non-hydrogen) atoms. The van der Waals surface area contributed by atoms with E-state index in [2.05, 4.69) is 35.4 Å². The molecule has 0 aliphatic carbocycles. The first-order valence-electron chi connectivity index (χ1n) is 8.33. The number of hydrogen-bond donors (Lipinski definition) is 2. The Kier molecular flexibility index (Phi) is 6.40. The predicted molar refractivity (Wildman–Crippen MR) is 92.3 cm³/mol. The van der Waals surface area contributed by atoms with Crippen molar-refractivity contribution in [3.63, 3.8) is 0 Å². The fraction of sp³-hybridized carbons (Fsp3) is 0.611. The Labute approximate surface area is 134 Å². The summed E-state index contributed by atoms with van der Waals surface area (Å²) in [5.41, 5.74) is 3.30. The van der Waals surface area contributed by atoms with Crippen LogP contribution < -0.4 is 10.6 Å². The topological polar surface area (TPSA) is 44.4 Å². The number of aryl methyl sites for hydroxylation is 1. The Hall–Kier alpha value is -1.39. The molecule has 1 aliphatic rings. The largest absolute Gasteiger partial charge is 0.325 e. The van der Waals surface area contributed by atoms with Crippen molar-refractivity contribution in [3.8, 4) is 0 Å². The highest BCUT2D eigenvalue weighted by Gasteiger charge is 2.20. The Bertz CT molecular complexity index is 493. The molecular weight excluding hydrogens is 274 g/mol. The molecule has 0 bridgehead atoms. The zero-order valence-corrected chi connectivity index (χ0v) is 14.1. The minimum absolute atomic E-state index is 0.0994. The SMILES string of the molecule is CNCCC1CCN(CC(=O)Nc2cccc(C)c2C)CC1. The summed E-state index contributed by atoms with van der Waals surface area (Å²) in [7, 11) is 2.01. The summed E-state index contributed by atoms with van der Waals surface area (Å²) in [6.45, 7) is 7.80.